The molecule has 0 N–H and O–H groups in total. The Morgan fingerprint density at radius 3 is 2.47 bits per heavy atom. The highest BCUT2D eigenvalue weighted by Gasteiger charge is 2.12. The van der Waals surface area contributed by atoms with Crippen molar-refractivity contribution in [3.05, 3.63) is 38.3 Å². The van der Waals surface area contributed by atoms with E-state index in [-0.39, 0.29) is 5.28 Å². The van der Waals surface area contributed by atoms with Gasteiger partial charge in [0, 0.05) is 4.47 Å². The number of hydrogen-bond acceptors (Lipinski definition) is 2. The maximum absolute atomic E-state index is 6.06. The fourth-order valence-corrected chi connectivity index (χ4v) is 2.12. The van der Waals surface area contributed by atoms with E-state index in [0.717, 1.165) is 4.47 Å². The summed E-state index contributed by atoms with van der Waals surface area (Å²) in [5, 5.41) is 8.37. The van der Waals surface area contributed by atoms with Crippen LogP contribution in [0.3, 0.4) is 0 Å². The highest BCUT2D eigenvalue weighted by atomic mass is 79.9. The van der Waals surface area contributed by atoms with E-state index < -0.39 is 0 Å². The first-order valence-electron chi connectivity index (χ1n) is 3.80. The van der Waals surface area contributed by atoms with Gasteiger partial charge in [0.05, 0.1) is 15.7 Å². The summed E-state index contributed by atoms with van der Waals surface area (Å²) < 4.78 is 2.27. The molecule has 0 unspecified atom stereocenters. The van der Waals surface area contributed by atoms with Crippen molar-refractivity contribution in [2.24, 2.45) is 0 Å². The van der Waals surface area contributed by atoms with Crippen LogP contribution in [0.25, 0.3) is 5.69 Å². The molecule has 2 aromatic rings. The molecule has 0 aliphatic heterocycles. The fourth-order valence-electron chi connectivity index (χ4n) is 1.08. The van der Waals surface area contributed by atoms with Crippen LogP contribution in [0.1, 0.15) is 0 Å². The van der Waals surface area contributed by atoms with Crippen molar-refractivity contribution < 1.29 is 0 Å². The first-order chi connectivity index (χ1) is 7.11. The van der Waals surface area contributed by atoms with E-state index in [9.17, 15) is 0 Å². The monoisotopic (exact) mass is 325 g/mol. The maximum atomic E-state index is 6.06. The van der Waals surface area contributed by atoms with Gasteiger partial charge < -0.3 is 0 Å². The molecular weight excluding hydrogens is 324 g/mol. The Bertz CT molecular complexity index is 512. The summed E-state index contributed by atoms with van der Waals surface area (Å²) in [4.78, 5) is 0. The number of hydrogen-bond donors (Lipinski definition) is 0. The van der Waals surface area contributed by atoms with Crippen LogP contribution >= 0.6 is 50.7 Å². The molecule has 7 heteroatoms. The first-order valence-corrected chi connectivity index (χ1v) is 5.73. The van der Waals surface area contributed by atoms with Crippen molar-refractivity contribution in [3.63, 3.8) is 0 Å². The predicted molar refractivity (Wildman–Crippen MR) is 64.1 cm³/mol. The van der Waals surface area contributed by atoms with Gasteiger partial charge in [0.1, 0.15) is 6.33 Å². The van der Waals surface area contributed by atoms with E-state index in [1.54, 1.807) is 16.7 Å². The third-order valence-electron chi connectivity index (χ3n) is 1.78. The molecule has 0 amide bonds. The van der Waals surface area contributed by atoms with E-state index in [1.165, 1.54) is 6.33 Å². The Kier molecular flexibility index (Phi) is 3.21. The second kappa shape index (κ2) is 4.29. The van der Waals surface area contributed by atoms with Gasteiger partial charge in [0.25, 0.3) is 0 Å². The molecule has 3 nitrogen and oxygen atoms in total. The van der Waals surface area contributed by atoms with Crippen LogP contribution in [-0.2, 0) is 0 Å². The molecule has 0 aliphatic rings. The quantitative estimate of drug-likeness (QED) is 0.742. The summed E-state index contributed by atoms with van der Waals surface area (Å²) in [6.45, 7) is 0. The average molecular weight is 327 g/mol. The van der Waals surface area contributed by atoms with Gasteiger partial charge in [0.15, 0.2) is 0 Å². The van der Waals surface area contributed by atoms with Gasteiger partial charge >= 0.3 is 0 Å². The van der Waals surface area contributed by atoms with Crippen molar-refractivity contribution in [1.82, 2.24) is 14.8 Å². The molecule has 1 heterocycles. The summed E-state index contributed by atoms with van der Waals surface area (Å²) in [6.07, 6.45) is 1.47. The lowest BCUT2D eigenvalue weighted by Crippen LogP contribution is -1.94. The largest absolute Gasteiger partial charge is 0.271 e. The molecule has 0 atom stereocenters. The van der Waals surface area contributed by atoms with Crippen molar-refractivity contribution in [1.29, 1.82) is 0 Å². The normalized spacial score (nSPS) is 10.7. The Balaban J connectivity index is 2.65. The van der Waals surface area contributed by atoms with Crippen LogP contribution < -0.4 is 0 Å². The van der Waals surface area contributed by atoms with Gasteiger partial charge in [-0.3, -0.25) is 4.57 Å². The van der Waals surface area contributed by atoms with Crippen LogP contribution in [-0.4, -0.2) is 14.8 Å². The summed E-state index contributed by atoms with van der Waals surface area (Å²) >= 11 is 21.1. The third-order valence-corrected chi connectivity index (χ3v) is 3.80. The molecule has 78 valence electrons. The van der Waals surface area contributed by atoms with Crippen LogP contribution in [0, 0.1) is 0 Å². The minimum absolute atomic E-state index is 0.232. The molecule has 0 saturated carbocycles. The van der Waals surface area contributed by atoms with Crippen LogP contribution in [0.2, 0.25) is 15.3 Å². The van der Waals surface area contributed by atoms with E-state index in [1.807, 2.05) is 0 Å². The van der Waals surface area contributed by atoms with Gasteiger partial charge in [-0.2, -0.15) is 0 Å². The van der Waals surface area contributed by atoms with Gasteiger partial charge in [0.2, 0.25) is 5.28 Å². The van der Waals surface area contributed by atoms with Crippen LogP contribution in [0.4, 0.5) is 0 Å². The second-order valence-corrected chi connectivity index (χ2v) is 4.61. The average Bonchev–Trinajstić information content (AvgIpc) is 2.62. The van der Waals surface area contributed by atoms with Gasteiger partial charge in [-0.05, 0) is 39.7 Å². The Morgan fingerprint density at radius 2 is 1.87 bits per heavy atom. The molecule has 2 rings (SSSR count). The topological polar surface area (TPSA) is 30.7 Å². The minimum atomic E-state index is 0.232. The zero-order chi connectivity index (χ0) is 11.0. The summed E-state index contributed by atoms with van der Waals surface area (Å²) in [7, 11) is 0. The zero-order valence-corrected chi connectivity index (χ0v) is 10.9. The summed E-state index contributed by atoms with van der Waals surface area (Å²) in [5.74, 6) is 0. The number of aromatic nitrogens is 3. The standard InChI is InChI=1S/C8H3BrCl3N3/c9-4-1-2-5(7(11)6(4)10)15-3-13-14-8(15)12/h1-3H. The Hall–Kier alpha value is -0.290. The predicted octanol–water partition coefficient (Wildman–Crippen LogP) is 3.99. The van der Waals surface area contributed by atoms with E-state index >= 15 is 0 Å². The number of nitrogens with zero attached hydrogens (tertiary/aromatic N) is 3. The van der Waals surface area contributed by atoms with Crippen LogP contribution in [0.15, 0.2) is 22.9 Å². The molecule has 0 radical (unpaired) electrons. The highest BCUT2D eigenvalue weighted by Crippen LogP contribution is 2.35. The minimum Gasteiger partial charge on any atom is -0.271 e. The van der Waals surface area contributed by atoms with Crippen LogP contribution in [0.5, 0.6) is 0 Å². The lowest BCUT2D eigenvalue weighted by molar-refractivity contribution is 1.06. The first kappa shape index (κ1) is 11.2. The summed E-state index contributed by atoms with van der Waals surface area (Å²) in [6, 6.07) is 3.55. The van der Waals surface area contributed by atoms with E-state index in [4.69, 9.17) is 34.8 Å². The van der Waals surface area contributed by atoms with E-state index in [2.05, 4.69) is 26.1 Å². The molecule has 0 aliphatic carbocycles. The van der Waals surface area contributed by atoms with Crippen molar-refractivity contribution >= 4 is 50.7 Å². The van der Waals surface area contributed by atoms with Crippen molar-refractivity contribution in [3.8, 4) is 5.69 Å². The molecule has 1 aromatic carbocycles. The number of benzene rings is 1. The Labute approximate surface area is 109 Å². The molecule has 15 heavy (non-hydrogen) atoms. The number of rotatable bonds is 1. The van der Waals surface area contributed by atoms with Crippen molar-refractivity contribution in [2.75, 3.05) is 0 Å². The Morgan fingerprint density at radius 1 is 1.13 bits per heavy atom. The SMILES string of the molecule is Clc1c(Br)ccc(-n2cnnc2Cl)c1Cl. The lowest BCUT2D eigenvalue weighted by atomic mass is 10.3. The van der Waals surface area contributed by atoms with Crippen molar-refractivity contribution in [2.45, 2.75) is 0 Å². The molecule has 0 fully saturated rings. The lowest BCUT2D eigenvalue weighted by Gasteiger charge is -2.07. The van der Waals surface area contributed by atoms with E-state index in [0.29, 0.717) is 15.7 Å². The molecule has 0 bridgehead atoms. The smallest absolute Gasteiger partial charge is 0.229 e. The zero-order valence-electron chi connectivity index (χ0n) is 7.09. The molecular formula is C8H3BrCl3N3. The maximum Gasteiger partial charge on any atom is 0.229 e. The van der Waals surface area contributed by atoms with Gasteiger partial charge in [-0.15, -0.1) is 10.2 Å². The van der Waals surface area contributed by atoms with Gasteiger partial charge in [-0.25, -0.2) is 0 Å². The molecule has 0 spiro atoms. The fraction of sp³-hybridized carbons (Fsp3) is 0. The highest BCUT2D eigenvalue weighted by molar-refractivity contribution is 9.10. The third kappa shape index (κ3) is 1.99. The number of halogens is 4. The summed E-state index contributed by atoms with van der Waals surface area (Å²) in [5.41, 5.74) is 0.639. The molecule has 1 aromatic heterocycles. The molecule has 0 saturated heterocycles. The van der Waals surface area contributed by atoms with Gasteiger partial charge in [-0.1, -0.05) is 23.2 Å². The second-order valence-electron chi connectivity index (χ2n) is 2.66.